The highest BCUT2D eigenvalue weighted by molar-refractivity contribution is 7.88. The molecule has 1 atom stereocenters. The third kappa shape index (κ3) is 3.50. The first-order valence-electron chi connectivity index (χ1n) is 8.26. The standard InChI is InChI=1S/C16H25N3O4S/c1-18-8-3-4-13(18)15(20)19-9-5-16(6-10-19)7-11-23-12-14(16)17-24(2,21)22/h3-4,8,14,17H,5-7,9-12H2,1-2H3/t14-/m1/s1. The van der Waals surface area contributed by atoms with E-state index in [1.165, 1.54) is 6.26 Å². The molecule has 0 radical (unpaired) electrons. The summed E-state index contributed by atoms with van der Waals surface area (Å²) in [6.45, 7) is 2.34. The number of ether oxygens (including phenoxy) is 1. The van der Waals surface area contributed by atoms with Gasteiger partial charge in [-0.25, -0.2) is 13.1 Å². The second kappa shape index (κ2) is 6.50. The van der Waals surface area contributed by atoms with Crippen molar-refractivity contribution in [2.45, 2.75) is 25.3 Å². The topological polar surface area (TPSA) is 80.6 Å². The molecule has 24 heavy (non-hydrogen) atoms. The molecule has 1 amide bonds. The number of aryl methyl sites for hydroxylation is 1. The number of carbonyl (C=O) groups is 1. The summed E-state index contributed by atoms with van der Waals surface area (Å²) >= 11 is 0. The van der Waals surface area contributed by atoms with E-state index in [-0.39, 0.29) is 17.4 Å². The van der Waals surface area contributed by atoms with Crippen molar-refractivity contribution in [2.75, 3.05) is 32.6 Å². The Hall–Kier alpha value is -1.38. The second-order valence-electron chi connectivity index (χ2n) is 6.93. The van der Waals surface area contributed by atoms with Crippen LogP contribution in [0.25, 0.3) is 0 Å². The van der Waals surface area contributed by atoms with Gasteiger partial charge in [0.25, 0.3) is 5.91 Å². The molecule has 0 saturated carbocycles. The van der Waals surface area contributed by atoms with Gasteiger partial charge in [-0.15, -0.1) is 0 Å². The fraction of sp³-hybridized carbons (Fsp3) is 0.688. The lowest BCUT2D eigenvalue weighted by atomic mass is 9.69. The van der Waals surface area contributed by atoms with Crippen LogP contribution in [0, 0.1) is 5.41 Å². The molecule has 1 N–H and O–H groups in total. The van der Waals surface area contributed by atoms with Crippen molar-refractivity contribution in [3.8, 4) is 0 Å². The van der Waals surface area contributed by atoms with E-state index < -0.39 is 10.0 Å². The van der Waals surface area contributed by atoms with E-state index in [9.17, 15) is 13.2 Å². The van der Waals surface area contributed by atoms with Crippen LogP contribution in [0.3, 0.4) is 0 Å². The van der Waals surface area contributed by atoms with Crippen LogP contribution >= 0.6 is 0 Å². The van der Waals surface area contributed by atoms with E-state index >= 15 is 0 Å². The lowest BCUT2D eigenvalue weighted by molar-refractivity contribution is -0.0401. The molecule has 3 heterocycles. The first kappa shape index (κ1) is 17.4. The van der Waals surface area contributed by atoms with Crippen LogP contribution in [-0.2, 0) is 21.8 Å². The maximum Gasteiger partial charge on any atom is 0.270 e. The fourth-order valence-corrected chi connectivity index (χ4v) is 4.68. The normalized spacial score (nSPS) is 24.2. The SMILES string of the molecule is Cn1cccc1C(=O)N1CCC2(CCOC[C@H]2NS(C)(=O)=O)CC1. The Morgan fingerprint density at radius 2 is 2.04 bits per heavy atom. The highest BCUT2D eigenvalue weighted by atomic mass is 32.2. The molecule has 2 fully saturated rings. The van der Waals surface area contributed by atoms with Crippen molar-refractivity contribution in [1.29, 1.82) is 0 Å². The zero-order valence-corrected chi connectivity index (χ0v) is 15.0. The van der Waals surface area contributed by atoms with Crippen LogP contribution < -0.4 is 4.72 Å². The Morgan fingerprint density at radius 3 is 2.62 bits per heavy atom. The smallest absolute Gasteiger partial charge is 0.270 e. The molecule has 2 aliphatic heterocycles. The summed E-state index contributed by atoms with van der Waals surface area (Å²) in [6, 6.07) is 3.48. The average Bonchev–Trinajstić information content (AvgIpc) is 2.95. The van der Waals surface area contributed by atoms with Crippen molar-refractivity contribution in [2.24, 2.45) is 12.5 Å². The van der Waals surface area contributed by atoms with Gasteiger partial charge in [-0.3, -0.25) is 4.79 Å². The molecule has 134 valence electrons. The Kier molecular flexibility index (Phi) is 4.72. The van der Waals surface area contributed by atoms with Crippen LogP contribution in [0.1, 0.15) is 29.8 Å². The minimum Gasteiger partial charge on any atom is -0.380 e. The highest BCUT2D eigenvalue weighted by Gasteiger charge is 2.45. The number of sulfonamides is 1. The molecule has 2 saturated heterocycles. The number of hydrogen-bond donors (Lipinski definition) is 1. The molecule has 1 aromatic heterocycles. The molecule has 1 spiro atoms. The Morgan fingerprint density at radius 1 is 1.33 bits per heavy atom. The minimum absolute atomic E-state index is 0.0389. The van der Waals surface area contributed by atoms with Gasteiger partial charge in [0.2, 0.25) is 10.0 Å². The minimum atomic E-state index is -3.28. The Balaban J connectivity index is 1.70. The number of nitrogens with one attached hydrogen (secondary N) is 1. The van der Waals surface area contributed by atoms with Crippen molar-refractivity contribution in [1.82, 2.24) is 14.2 Å². The Bertz CT molecular complexity index is 705. The average molecular weight is 355 g/mol. The van der Waals surface area contributed by atoms with E-state index in [2.05, 4.69) is 4.72 Å². The molecular formula is C16H25N3O4S. The van der Waals surface area contributed by atoms with Gasteiger partial charge in [0.1, 0.15) is 5.69 Å². The molecule has 0 aliphatic carbocycles. The molecule has 8 heteroatoms. The summed E-state index contributed by atoms with van der Waals surface area (Å²) in [5.74, 6) is 0.0389. The third-order valence-electron chi connectivity index (χ3n) is 5.33. The van der Waals surface area contributed by atoms with E-state index in [1.54, 1.807) is 0 Å². The number of piperidine rings is 1. The molecule has 0 bridgehead atoms. The van der Waals surface area contributed by atoms with Gasteiger partial charge in [-0.1, -0.05) is 0 Å². The van der Waals surface area contributed by atoms with Crippen molar-refractivity contribution < 1.29 is 17.9 Å². The predicted octanol–water partition coefficient (Wildman–Crippen LogP) is 0.586. The summed E-state index contributed by atoms with van der Waals surface area (Å²) in [7, 11) is -1.42. The molecule has 7 nitrogen and oxygen atoms in total. The number of nitrogens with zero attached hydrogens (tertiary/aromatic N) is 2. The molecule has 0 unspecified atom stereocenters. The van der Waals surface area contributed by atoms with Crippen LogP contribution in [0.4, 0.5) is 0 Å². The van der Waals surface area contributed by atoms with Crippen molar-refractivity contribution in [3.05, 3.63) is 24.0 Å². The highest BCUT2D eigenvalue weighted by Crippen LogP contribution is 2.41. The van der Waals surface area contributed by atoms with E-state index in [1.807, 2.05) is 34.8 Å². The summed E-state index contributed by atoms with van der Waals surface area (Å²) in [4.78, 5) is 14.5. The van der Waals surface area contributed by atoms with Gasteiger partial charge in [-0.05, 0) is 36.8 Å². The number of aromatic nitrogens is 1. The number of rotatable bonds is 3. The number of carbonyl (C=O) groups excluding carboxylic acids is 1. The first-order chi connectivity index (χ1) is 11.3. The second-order valence-corrected chi connectivity index (χ2v) is 8.71. The lowest BCUT2D eigenvalue weighted by Gasteiger charge is -2.48. The summed E-state index contributed by atoms with van der Waals surface area (Å²) < 4.78 is 33.4. The molecule has 1 aromatic rings. The predicted molar refractivity (Wildman–Crippen MR) is 90.2 cm³/mol. The maximum absolute atomic E-state index is 12.6. The Labute approximate surface area is 143 Å². The lowest BCUT2D eigenvalue weighted by Crippen LogP contribution is -2.57. The van der Waals surface area contributed by atoms with Gasteiger partial charge in [0, 0.05) is 32.9 Å². The van der Waals surface area contributed by atoms with Gasteiger partial charge >= 0.3 is 0 Å². The monoisotopic (exact) mass is 355 g/mol. The zero-order valence-electron chi connectivity index (χ0n) is 14.2. The van der Waals surface area contributed by atoms with Crippen molar-refractivity contribution in [3.63, 3.8) is 0 Å². The van der Waals surface area contributed by atoms with Gasteiger partial charge in [0.15, 0.2) is 0 Å². The molecule has 3 rings (SSSR count). The molecule has 2 aliphatic rings. The van der Waals surface area contributed by atoms with E-state index in [0.717, 1.165) is 19.3 Å². The number of likely N-dealkylation sites (tertiary alicyclic amines) is 1. The summed E-state index contributed by atoms with van der Waals surface area (Å²) in [5.41, 5.74) is 0.565. The van der Waals surface area contributed by atoms with Gasteiger partial charge in [0.05, 0.1) is 18.9 Å². The zero-order chi connectivity index (χ0) is 17.4. The quantitative estimate of drug-likeness (QED) is 0.860. The van der Waals surface area contributed by atoms with Crippen LogP contribution in [-0.4, -0.2) is 62.4 Å². The molecular weight excluding hydrogens is 330 g/mol. The summed E-state index contributed by atoms with van der Waals surface area (Å²) in [5, 5.41) is 0. The number of amides is 1. The van der Waals surface area contributed by atoms with Crippen LogP contribution in [0.2, 0.25) is 0 Å². The fourth-order valence-electron chi connectivity index (χ4n) is 3.84. The maximum atomic E-state index is 12.6. The van der Waals surface area contributed by atoms with Gasteiger partial charge < -0.3 is 14.2 Å². The summed E-state index contributed by atoms with van der Waals surface area (Å²) in [6.07, 6.45) is 5.46. The van der Waals surface area contributed by atoms with Gasteiger partial charge in [-0.2, -0.15) is 0 Å². The number of hydrogen-bond acceptors (Lipinski definition) is 4. The largest absolute Gasteiger partial charge is 0.380 e. The first-order valence-corrected chi connectivity index (χ1v) is 10.2. The molecule has 0 aromatic carbocycles. The van der Waals surface area contributed by atoms with Crippen LogP contribution in [0.5, 0.6) is 0 Å². The van der Waals surface area contributed by atoms with E-state index in [4.69, 9.17) is 4.74 Å². The third-order valence-corrected chi connectivity index (χ3v) is 6.05. The van der Waals surface area contributed by atoms with E-state index in [0.29, 0.717) is 32.0 Å². The van der Waals surface area contributed by atoms with Crippen LogP contribution in [0.15, 0.2) is 18.3 Å². The van der Waals surface area contributed by atoms with Crippen molar-refractivity contribution >= 4 is 15.9 Å².